The lowest BCUT2D eigenvalue weighted by Crippen LogP contribution is -2.18. The van der Waals surface area contributed by atoms with E-state index in [1.807, 2.05) is 0 Å². The first-order valence-corrected chi connectivity index (χ1v) is 16.3. The summed E-state index contributed by atoms with van der Waals surface area (Å²) in [4.78, 5) is 22.8. The van der Waals surface area contributed by atoms with E-state index in [1.54, 1.807) is 0 Å². The lowest BCUT2D eigenvalue weighted by molar-refractivity contribution is -0.150. The van der Waals surface area contributed by atoms with Crippen molar-refractivity contribution in [2.75, 3.05) is 0 Å². The topological polar surface area (TPSA) is 63.6 Å². The van der Waals surface area contributed by atoms with Crippen molar-refractivity contribution in [2.45, 2.75) is 180 Å². The van der Waals surface area contributed by atoms with Gasteiger partial charge in [-0.05, 0) is 64.2 Å². The molecule has 4 heteroatoms. The van der Waals surface area contributed by atoms with Gasteiger partial charge in [0.1, 0.15) is 6.10 Å². The number of carbonyl (C=O) groups excluding carboxylic acids is 1. The largest absolute Gasteiger partial charge is 0.481 e. The fourth-order valence-electron chi connectivity index (χ4n) is 4.80. The highest BCUT2D eigenvalue weighted by molar-refractivity contribution is 5.69. The molecule has 0 aromatic carbocycles. The first-order chi connectivity index (χ1) is 18.6. The maximum atomic E-state index is 12.2. The number of unbranched alkanes of at least 4 members (excludes halogenated alkanes) is 16. The van der Waals surface area contributed by atoms with Crippen LogP contribution in [-0.2, 0) is 14.3 Å². The Morgan fingerprint density at radius 2 is 1.08 bits per heavy atom. The van der Waals surface area contributed by atoms with E-state index in [2.05, 4.69) is 38.2 Å². The zero-order chi connectivity index (χ0) is 27.9. The molecule has 0 aliphatic heterocycles. The van der Waals surface area contributed by atoms with Gasteiger partial charge in [0.25, 0.3) is 0 Å². The zero-order valence-corrected chi connectivity index (χ0v) is 25.2. The van der Waals surface area contributed by atoms with Crippen molar-refractivity contribution in [1.29, 1.82) is 0 Å². The summed E-state index contributed by atoms with van der Waals surface area (Å²) in [5.74, 6) is -0.792. The maximum absolute atomic E-state index is 12.2. The molecule has 222 valence electrons. The highest BCUT2D eigenvalue weighted by atomic mass is 16.5. The number of hydrogen-bond acceptors (Lipinski definition) is 3. The van der Waals surface area contributed by atoms with Gasteiger partial charge in [-0.1, -0.05) is 122 Å². The molecule has 0 aromatic heterocycles. The molecular weight excluding hydrogens is 472 g/mol. The van der Waals surface area contributed by atoms with Crippen LogP contribution in [0.2, 0.25) is 0 Å². The first kappa shape index (κ1) is 36.4. The van der Waals surface area contributed by atoms with E-state index in [9.17, 15) is 9.59 Å². The molecule has 0 saturated heterocycles. The standard InChI is InChI=1S/C34H62O4/c1-3-5-6-7-8-9-10-11-12-13-14-15-16-17-18-19-20-21-22-23-27-31-34(37)38-32(28-4-2)29-25-24-26-30-33(35)36/h10-11,13-14,32H,3-9,12,15-31H2,1-2H3,(H,35,36)/b11-10-,14-13-. The monoisotopic (exact) mass is 534 g/mol. The molecule has 1 atom stereocenters. The molecule has 0 rings (SSSR count). The van der Waals surface area contributed by atoms with Crippen molar-refractivity contribution in [1.82, 2.24) is 0 Å². The lowest BCUT2D eigenvalue weighted by atomic mass is 10.0. The van der Waals surface area contributed by atoms with Crippen LogP contribution in [0.15, 0.2) is 24.3 Å². The first-order valence-electron chi connectivity index (χ1n) is 16.3. The summed E-state index contributed by atoms with van der Waals surface area (Å²) in [5, 5.41) is 8.71. The Bertz CT molecular complexity index is 581. The van der Waals surface area contributed by atoms with Gasteiger partial charge >= 0.3 is 11.9 Å². The maximum Gasteiger partial charge on any atom is 0.306 e. The minimum Gasteiger partial charge on any atom is -0.481 e. The number of aliphatic carboxylic acids is 1. The van der Waals surface area contributed by atoms with E-state index < -0.39 is 5.97 Å². The van der Waals surface area contributed by atoms with Crippen LogP contribution in [0.25, 0.3) is 0 Å². The Hall–Kier alpha value is -1.58. The molecule has 0 spiro atoms. The van der Waals surface area contributed by atoms with Gasteiger partial charge in [-0.3, -0.25) is 9.59 Å². The van der Waals surface area contributed by atoms with Crippen LogP contribution in [0.1, 0.15) is 174 Å². The highest BCUT2D eigenvalue weighted by Gasteiger charge is 2.13. The summed E-state index contributed by atoms with van der Waals surface area (Å²) in [5.41, 5.74) is 0. The van der Waals surface area contributed by atoms with E-state index in [0.29, 0.717) is 12.8 Å². The minimum absolute atomic E-state index is 0.000407. The summed E-state index contributed by atoms with van der Waals surface area (Å²) < 4.78 is 5.70. The molecular formula is C34H62O4. The number of carboxylic acids is 1. The van der Waals surface area contributed by atoms with Crippen molar-refractivity contribution in [3.8, 4) is 0 Å². The molecule has 0 aliphatic carbocycles. The van der Waals surface area contributed by atoms with E-state index in [1.165, 1.54) is 89.9 Å². The third-order valence-corrected chi connectivity index (χ3v) is 7.16. The van der Waals surface area contributed by atoms with Gasteiger partial charge < -0.3 is 9.84 Å². The molecule has 0 amide bonds. The van der Waals surface area contributed by atoms with Gasteiger partial charge in [-0.15, -0.1) is 0 Å². The quantitative estimate of drug-likeness (QED) is 0.0589. The molecule has 0 aromatic rings. The number of ether oxygens (including phenoxy) is 1. The predicted octanol–water partition coefficient (Wildman–Crippen LogP) is 10.9. The summed E-state index contributed by atoms with van der Waals surface area (Å²) in [6.45, 7) is 4.38. The van der Waals surface area contributed by atoms with Crippen molar-refractivity contribution < 1.29 is 19.4 Å². The van der Waals surface area contributed by atoms with E-state index >= 15 is 0 Å². The van der Waals surface area contributed by atoms with Gasteiger partial charge in [-0.2, -0.15) is 0 Å². The number of allylic oxidation sites excluding steroid dienone is 4. The number of hydrogen-bond donors (Lipinski definition) is 1. The zero-order valence-electron chi connectivity index (χ0n) is 25.2. The number of esters is 1. The Morgan fingerprint density at radius 3 is 1.63 bits per heavy atom. The molecule has 1 unspecified atom stereocenters. The third kappa shape index (κ3) is 29.0. The lowest BCUT2D eigenvalue weighted by Gasteiger charge is -2.17. The van der Waals surface area contributed by atoms with Crippen LogP contribution in [0.3, 0.4) is 0 Å². The molecule has 4 nitrogen and oxygen atoms in total. The molecule has 0 bridgehead atoms. The summed E-state index contributed by atoms with van der Waals surface area (Å²) in [6, 6.07) is 0. The summed E-state index contributed by atoms with van der Waals surface area (Å²) >= 11 is 0. The normalized spacial score (nSPS) is 12.5. The second-order valence-corrected chi connectivity index (χ2v) is 11.0. The Kier molecular flexibility index (Phi) is 28.7. The summed E-state index contributed by atoms with van der Waals surface area (Å²) in [6.07, 6.45) is 36.9. The van der Waals surface area contributed by atoms with Crippen LogP contribution >= 0.6 is 0 Å². The number of rotatable bonds is 29. The van der Waals surface area contributed by atoms with Crippen molar-refractivity contribution in [3.05, 3.63) is 24.3 Å². The van der Waals surface area contributed by atoms with Gasteiger partial charge in [-0.25, -0.2) is 0 Å². The van der Waals surface area contributed by atoms with Crippen molar-refractivity contribution >= 4 is 11.9 Å². The predicted molar refractivity (Wildman–Crippen MR) is 163 cm³/mol. The molecule has 1 N–H and O–H groups in total. The fourth-order valence-corrected chi connectivity index (χ4v) is 4.80. The van der Waals surface area contributed by atoms with E-state index in [4.69, 9.17) is 9.84 Å². The molecule has 0 heterocycles. The Balaban J connectivity index is 3.49. The fraction of sp³-hybridized carbons (Fsp3) is 0.824. The Morgan fingerprint density at radius 1 is 0.579 bits per heavy atom. The summed E-state index contributed by atoms with van der Waals surface area (Å²) in [7, 11) is 0. The average molecular weight is 535 g/mol. The second-order valence-electron chi connectivity index (χ2n) is 11.0. The van der Waals surface area contributed by atoms with Crippen LogP contribution in [-0.4, -0.2) is 23.1 Å². The molecule has 0 fully saturated rings. The van der Waals surface area contributed by atoms with Gasteiger partial charge in [0, 0.05) is 12.8 Å². The molecule has 0 aliphatic rings. The highest BCUT2D eigenvalue weighted by Crippen LogP contribution is 2.16. The molecule has 38 heavy (non-hydrogen) atoms. The van der Waals surface area contributed by atoms with Crippen LogP contribution in [0.5, 0.6) is 0 Å². The number of carboxylic acid groups (broad SMARTS) is 1. The molecule has 0 saturated carbocycles. The van der Waals surface area contributed by atoms with Crippen LogP contribution in [0, 0.1) is 0 Å². The smallest absolute Gasteiger partial charge is 0.306 e. The van der Waals surface area contributed by atoms with E-state index in [0.717, 1.165) is 51.4 Å². The Labute approximate surface area is 236 Å². The van der Waals surface area contributed by atoms with Crippen LogP contribution in [0.4, 0.5) is 0 Å². The van der Waals surface area contributed by atoms with Crippen LogP contribution < -0.4 is 0 Å². The minimum atomic E-state index is -0.734. The van der Waals surface area contributed by atoms with Gasteiger partial charge in [0.05, 0.1) is 0 Å². The second kappa shape index (κ2) is 30.0. The third-order valence-electron chi connectivity index (χ3n) is 7.16. The SMILES string of the molecule is CCCCCCC/C=C\C/C=C\CCCCCCCCCCCC(=O)OC(CCC)CCCCCC(=O)O. The van der Waals surface area contributed by atoms with E-state index in [-0.39, 0.29) is 18.5 Å². The number of carbonyl (C=O) groups is 2. The van der Waals surface area contributed by atoms with Gasteiger partial charge in [0.15, 0.2) is 0 Å². The molecule has 0 radical (unpaired) electrons. The van der Waals surface area contributed by atoms with Crippen molar-refractivity contribution in [2.24, 2.45) is 0 Å². The van der Waals surface area contributed by atoms with Gasteiger partial charge in [0.2, 0.25) is 0 Å². The van der Waals surface area contributed by atoms with Crippen molar-refractivity contribution in [3.63, 3.8) is 0 Å². The average Bonchev–Trinajstić information content (AvgIpc) is 2.89.